The summed E-state index contributed by atoms with van der Waals surface area (Å²) in [6, 6.07) is 1.09. The fourth-order valence-electron chi connectivity index (χ4n) is 2.72. The van der Waals surface area contributed by atoms with Gasteiger partial charge in [0.05, 0.1) is 0 Å². The molecule has 0 saturated carbocycles. The van der Waals surface area contributed by atoms with Crippen molar-refractivity contribution in [1.82, 2.24) is 15.5 Å². The monoisotopic (exact) mass is 313 g/mol. The highest BCUT2D eigenvalue weighted by molar-refractivity contribution is 5.67. The molecule has 2 unspecified atom stereocenters. The van der Waals surface area contributed by atoms with Crippen molar-refractivity contribution in [2.75, 3.05) is 26.7 Å². The minimum atomic E-state index is -0.433. The minimum absolute atomic E-state index is 0.257. The Kier molecular flexibility index (Phi) is 8.18. The summed E-state index contributed by atoms with van der Waals surface area (Å²) >= 11 is 0. The first-order chi connectivity index (χ1) is 10.3. The molecule has 0 aromatic rings. The van der Waals surface area contributed by atoms with Crippen LogP contribution in [-0.2, 0) is 4.74 Å². The average Bonchev–Trinajstić information content (AvgIpc) is 2.65. The molecule has 0 radical (unpaired) electrons. The minimum Gasteiger partial charge on any atom is -0.444 e. The van der Waals surface area contributed by atoms with Gasteiger partial charge in [0.1, 0.15) is 5.60 Å². The van der Waals surface area contributed by atoms with Crippen LogP contribution in [0.25, 0.3) is 0 Å². The first-order valence-electron chi connectivity index (χ1n) is 8.69. The van der Waals surface area contributed by atoms with E-state index in [9.17, 15) is 4.79 Å². The van der Waals surface area contributed by atoms with Gasteiger partial charge in [-0.3, -0.25) is 0 Å². The maximum absolute atomic E-state index is 11.9. The lowest BCUT2D eigenvalue weighted by Gasteiger charge is -2.26. The van der Waals surface area contributed by atoms with E-state index in [1.54, 1.807) is 11.9 Å². The van der Waals surface area contributed by atoms with Crippen molar-refractivity contribution in [2.24, 2.45) is 0 Å². The van der Waals surface area contributed by atoms with E-state index in [0.29, 0.717) is 18.6 Å². The van der Waals surface area contributed by atoms with Gasteiger partial charge in [-0.05, 0) is 53.5 Å². The van der Waals surface area contributed by atoms with Crippen molar-refractivity contribution in [3.05, 3.63) is 0 Å². The van der Waals surface area contributed by atoms with E-state index in [0.717, 1.165) is 19.5 Å². The fourth-order valence-corrected chi connectivity index (χ4v) is 2.72. The van der Waals surface area contributed by atoms with Gasteiger partial charge in [0, 0.05) is 32.2 Å². The van der Waals surface area contributed by atoms with E-state index in [1.807, 2.05) is 20.8 Å². The molecule has 1 rings (SSSR count). The van der Waals surface area contributed by atoms with E-state index < -0.39 is 5.60 Å². The lowest BCUT2D eigenvalue weighted by atomic mass is 10.0. The second kappa shape index (κ2) is 9.36. The van der Waals surface area contributed by atoms with Gasteiger partial charge in [0.15, 0.2) is 0 Å². The largest absolute Gasteiger partial charge is 0.444 e. The zero-order valence-corrected chi connectivity index (χ0v) is 15.1. The third-order valence-corrected chi connectivity index (χ3v) is 3.95. The number of likely N-dealkylation sites (N-methyl/N-ethyl adjacent to an activating group) is 1. The van der Waals surface area contributed by atoms with Crippen LogP contribution in [0.5, 0.6) is 0 Å². The summed E-state index contributed by atoms with van der Waals surface area (Å²) in [5.41, 5.74) is -0.433. The third-order valence-electron chi connectivity index (χ3n) is 3.95. The van der Waals surface area contributed by atoms with Crippen LogP contribution < -0.4 is 10.6 Å². The van der Waals surface area contributed by atoms with Crippen LogP contribution in [0.2, 0.25) is 0 Å². The number of rotatable bonds is 6. The van der Waals surface area contributed by atoms with Gasteiger partial charge in [-0.15, -0.1) is 0 Å². The second-order valence-corrected chi connectivity index (χ2v) is 7.49. The second-order valence-electron chi connectivity index (χ2n) is 7.49. The van der Waals surface area contributed by atoms with Crippen LogP contribution in [0.4, 0.5) is 4.79 Å². The molecular weight excluding hydrogens is 278 g/mol. The molecule has 0 bridgehead atoms. The number of nitrogens with zero attached hydrogens (tertiary/aromatic N) is 1. The SMILES string of the molecule is CC(CC1CCCCCN1)NCCN(C)C(=O)OC(C)(C)C. The first-order valence-corrected chi connectivity index (χ1v) is 8.69. The molecule has 1 aliphatic heterocycles. The third kappa shape index (κ3) is 8.59. The fraction of sp³-hybridized carbons (Fsp3) is 0.941. The van der Waals surface area contributed by atoms with Crippen molar-refractivity contribution in [1.29, 1.82) is 0 Å². The molecule has 22 heavy (non-hydrogen) atoms. The standard InChI is InChI=1S/C17H35N3O2/c1-14(13-15-9-7-6-8-10-19-15)18-11-12-20(5)16(21)22-17(2,3)4/h14-15,18-19H,6-13H2,1-5H3. The van der Waals surface area contributed by atoms with Crippen molar-refractivity contribution >= 4 is 6.09 Å². The van der Waals surface area contributed by atoms with Gasteiger partial charge in [-0.1, -0.05) is 12.8 Å². The van der Waals surface area contributed by atoms with Crippen molar-refractivity contribution in [3.63, 3.8) is 0 Å². The summed E-state index contributed by atoms with van der Waals surface area (Å²) in [5, 5.41) is 7.14. The lowest BCUT2D eigenvalue weighted by molar-refractivity contribution is 0.0299. The van der Waals surface area contributed by atoms with E-state index >= 15 is 0 Å². The van der Waals surface area contributed by atoms with Gasteiger partial charge in [0.2, 0.25) is 0 Å². The molecule has 1 aliphatic rings. The molecule has 1 heterocycles. The summed E-state index contributed by atoms with van der Waals surface area (Å²) in [6.07, 6.45) is 6.17. The quantitative estimate of drug-likeness (QED) is 0.792. The number of carbonyl (C=O) groups excluding carboxylic acids is 1. The predicted octanol–water partition coefficient (Wildman–Crippen LogP) is 2.75. The van der Waals surface area contributed by atoms with E-state index in [-0.39, 0.29) is 6.09 Å². The topological polar surface area (TPSA) is 53.6 Å². The molecule has 0 aliphatic carbocycles. The number of nitrogens with one attached hydrogen (secondary N) is 2. The van der Waals surface area contributed by atoms with Gasteiger partial charge in [0.25, 0.3) is 0 Å². The molecule has 130 valence electrons. The summed E-state index contributed by atoms with van der Waals surface area (Å²) in [5.74, 6) is 0. The van der Waals surface area contributed by atoms with Crippen molar-refractivity contribution in [2.45, 2.75) is 77.5 Å². The van der Waals surface area contributed by atoms with Crippen LogP contribution in [0, 0.1) is 0 Å². The first kappa shape index (κ1) is 19.2. The van der Waals surface area contributed by atoms with Crippen LogP contribution in [0.1, 0.15) is 59.8 Å². The molecule has 2 N–H and O–H groups in total. The number of hydrogen-bond donors (Lipinski definition) is 2. The maximum Gasteiger partial charge on any atom is 0.410 e. The van der Waals surface area contributed by atoms with E-state index in [2.05, 4.69) is 17.6 Å². The Morgan fingerprint density at radius 2 is 2.09 bits per heavy atom. The number of amides is 1. The highest BCUT2D eigenvalue weighted by Gasteiger charge is 2.19. The van der Waals surface area contributed by atoms with Crippen molar-refractivity contribution in [3.8, 4) is 0 Å². The van der Waals surface area contributed by atoms with Crippen LogP contribution in [0.15, 0.2) is 0 Å². The van der Waals surface area contributed by atoms with Gasteiger partial charge >= 0.3 is 6.09 Å². The number of ether oxygens (including phenoxy) is 1. The molecule has 0 aromatic carbocycles. The molecule has 1 amide bonds. The Morgan fingerprint density at radius 3 is 2.77 bits per heavy atom. The maximum atomic E-state index is 11.9. The van der Waals surface area contributed by atoms with Gasteiger partial charge in [-0.25, -0.2) is 4.79 Å². The number of hydrogen-bond acceptors (Lipinski definition) is 4. The number of carbonyl (C=O) groups is 1. The molecule has 1 saturated heterocycles. The molecule has 5 heteroatoms. The molecule has 0 spiro atoms. The molecule has 1 fully saturated rings. The average molecular weight is 313 g/mol. The van der Waals surface area contributed by atoms with Crippen LogP contribution >= 0.6 is 0 Å². The summed E-state index contributed by atoms with van der Waals surface area (Å²) < 4.78 is 5.34. The predicted molar refractivity (Wildman–Crippen MR) is 91.2 cm³/mol. The molecule has 5 nitrogen and oxygen atoms in total. The van der Waals surface area contributed by atoms with Crippen LogP contribution in [-0.4, -0.2) is 55.4 Å². The Balaban J connectivity index is 2.18. The van der Waals surface area contributed by atoms with E-state index in [4.69, 9.17) is 4.74 Å². The smallest absolute Gasteiger partial charge is 0.410 e. The Labute approximate surface area is 136 Å². The van der Waals surface area contributed by atoms with Crippen molar-refractivity contribution < 1.29 is 9.53 Å². The lowest BCUT2D eigenvalue weighted by Crippen LogP contribution is -2.41. The zero-order chi connectivity index (χ0) is 16.6. The highest BCUT2D eigenvalue weighted by Crippen LogP contribution is 2.12. The highest BCUT2D eigenvalue weighted by atomic mass is 16.6. The summed E-state index contributed by atoms with van der Waals surface area (Å²) in [6.45, 7) is 10.5. The Hall–Kier alpha value is -0.810. The Morgan fingerprint density at radius 1 is 1.36 bits per heavy atom. The molecular formula is C17H35N3O2. The molecule has 0 aromatic heterocycles. The normalized spacial score (nSPS) is 21.0. The molecule has 2 atom stereocenters. The van der Waals surface area contributed by atoms with Crippen LogP contribution in [0.3, 0.4) is 0 Å². The summed E-state index contributed by atoms with van der Waals surface area (Å²) in [7, 11) is 1.78. The van der Waals surface area contributed by atoms with Gasteiger partial charge < -0.3 is 20.3 Å². The summed E-state index contributed by atoms with van der Waals surface area (Å²) in [4.78, 5) is 13.5. The van der Waals surface area contributed by atoms with Gasteiger partial charge in [-0.2, -0.15) is 0 Å². The zero-order valence-electron chi connectivity index (χ0n) is 15.1. The van der Waals surface area contributed by atoms with E-state index in [1.165, 1.54) is 25.7 Å². The Bertz CT molecular complexity index is 320.